The largest absolute Gasteiger partial charge is 0.507 e. The van der Waals surface area contributed by atoms with Crippen molar-refractivity contribution in [3.05, 3.63) is 63.7 Å². The predicted octanol–water partition coefficient (Wildman–Crippen LogP) is 4.07. The zero-order valence-corrected chi connectivity index (χ0v) is 11.1. The Kier molecular flexibility index (Phi) is 4.67. The van der Waals surface area contributed by atoms with E-state index >= 15 is 0 Å². The second-order valence-corrected chi connectivity index (χ2v) is 4.25. The maximum Gasteiger partial charge on any atom is 0.387 e. The molecule has 5 nitrogen and oxygen atoms in total. The smallest absolute Gasteiger partial charge is 0.387 e. The highest BCUT2D eigenvalue weighted by Gasteiger charge is 2.10. The molecule has 0 aliphatic carbocycles. The molecule has 0 amide bonds. The SMILES string of the molecule is O=[N+]([O-])c1ccc(O)c(/C=C/c2ccccc2OC(F)F)c1. The lowest BCUT2D eigenvalue weighted by Gasteiger charge is -2.07. The number of hydrogen-bond acceptors (Lipinski definition) is 4. The van der Waals surface area contributed by atoms with Crippen molar-refractivity contribution in [1.82, 2.24) is 0 Å². The average Bonchev–Trinajstić information content (AvgIpc) is 2.47. The second-order valence-electron chi connectivity index (χ2n) is 4.25. The third-order valence-electron chi connectivity index (χ3n) is 2.80. The summed E-state index contributed by atoms with van der Waals surface area (Å²) in [6.07, 6.45) is 2.81. The number of aromatic hydroxyl groups is 1. The minimum absolute atomic E-state index is 0.0290. The fourth-order valence-electron chi connectivity index (χ4n) is 1.79. The molecule has 0 heterocycles. The van der Waals surface area contributed by atoms with E-state index in [1.54, 1.807) is 18.2 Å². The van der Waals surface area contributed by atoms with Gasteiger partial charge in [0.2, 0.25) is 0 Å². The van der Waals surface area contributed by atoms with Crippen LogP contribution in [-0.4, -0.2) is 16.6 Å². The van der Waals surface area contributed by atoms with E-state index < -0.39 is 11.5 Å². The summed E-state index contributed by atoms with van der Waals surface area (Å²) in [6.45, 7) is -2.96. The van der Waals surface area contributed by atoms with Gasteiger partial charge in [0.25, 0.3) is 5.69 Å². The van der Waals surface area contributed by atoms with Crippen LogP contribution >= 0.6 is 0 Å². The molecule has 0 saturated carbocycles. The molecular weight excluding hydrogens is 296 g/mol. The Balaban J connectivity index is 2.33. The average molecular weight is 307 g/mol. The number of rotatable bonds is 5. The van der Waals surface area contributed by atoms with Gasteiger partial charge in [-0.25, -0.2) is 0 Å². The fraction of sp³-hybridized carbons (Fsp3) is 0.0667. The first-order valence-corrected chi connectivity index (χ1v) is 6.16. The zero-order chi connectivity index (χ0) is 16.1. The highest BCUT2D eigenvalue weighted by Crippen LogP contribution is 2.27. The molecule has 0 saturated heterocycles. The van der Waals surface area contributed by atoms with Crippen molar-refractivity contribution in [1.29, 1.82) is 0 Å². The monoisotopic (exact) mass is 307 g/mol. The molecule has 0 spiro atoms. The van der Waals surface area contributed by atoms with Gasteiger partial charge >= 0.3 is 6.61 Å². The van der Waals surface area contributed by atoms with E-state index in [1.165, 1.54) is 36.4 Å². The number of para-hydroxylation sites is 1. The first-order valence-electron chi connectivity index (χ1n) is 6.16. The zero-order valence-electron chi connectivity index (χ0n) is 11.1. The van der Waals surface area contributed by atoms with Crippen LogP contribution in [0.3, 0.4) is 0 Å². The molecule has 114 valence electrons. The van der Waals surface area contributed by atoms with E-state index in [1.807, 2.05) is 0 Å². The Hall–Kier alpha value is -2.96. The van der Waals surface area contributed by atoms with Crippen molar-refractivity contribution in [3.8, 4) is 11.5 Å². The molecule has 0 aliphatic heterocycles. The van der Waals surface area contributed by atoms with Gasteiger partial charge in [-0.2, -0.15) is 8.78 Å². The van der Waals surface area contributed by atoms with Gasteiger partial charge in [-0.3, -0.25) is 10.1 Å². The van der Waals surface area contributed by atoms with Gasteiger partial charge in [-0.05, 0) is 12.1 Å². The van der Waals surface area contributed by atoms with Crippen LogP contribution in [0.15, 0.2) is 42.5 Å². The van der Waals surface area contributed by atoms with Crippen LogP contribution in [0.25, 0.3) is 12.2 Å². The summed E-state index contributed by atoms with van der Waals surface area (Å²) in [5.74, 6) is -0.187. The molecule has 2 aromatic rings. The standard InChI is InChI=1S/C15H11F2NO4/c16-15(17)22-14-4-2-1-3-10(14)5-6-11-9-12(18(20)21)7-8-13(11)19/h1-9,15,19H/b6-5+. The summed E-state index contributed by atoms with van der Waals surface area (Å²) in [4.78, 5) is 10.1. The summed E-state index contributed by atoms with van der Waals surface area (Å²) in [6, 6.07) is 9.63. The Morgan fingerprint density at radius 3 is 2.50 bits per heavy atom. The molecule has 0 aromatic heterocycles. The third-order valence-corrected chi connectivity index (χ3v) is 2.80. The molecule has 22 heavy (non-hydrogen) atoms. The molecule has 0 unspecified atom stereocenters. The molecular formula is C15H11F2NO4. The topological polar surface area (TPSA) is 72.6 Å². The number of nitro groups is 1. The van der Waals surface area contributed by atoms with E-state index in [-0.39, 0.29) is 22.7 Å². The molecule has 0 bridgehead atoms. The summed E-state index contributed by atoms with van der Waals surface area (Å²) in [5, 5.41) is 20.4. The predicted molar refractivity (Wildman–Crippen MR) is 76.8 cm³/mol. The van der Waals surface area contributed by atoms with Gasteiger partial charge in [-0.15, -0.1) is 0 Å². The first kappa shape index (κ1) is 15.4. The van der Waals surface area contributed by atoms with E-state index in [4.69, 9.17) is 0 Å². The number of hydrogen-bond donors (Lipinski definition) is 1. The van der Waals surface area contributed by atoms with Crippen molar-refractivity contribution in [2.75, 3.05) is 0 Å². The van der Waals surface area contributed by atoms with E-state index in [2.05, 4.69) is 4.74 Å². The van der Waals surface area contributed by atoms with Crippen molar-refractivity contribution in [2.45, 2.75) is 6.61 Å². The summed E-state index contributed by atoms with van der Waals surface area (Å²) >= 11 is 0. The second kappa shape index (κ2) is 6.66. The van der Waals surface area contributed by atoms with Crippen LogP contribution in [0, 0.1) is 10.1 Å². The van der Waals surface area contributed by atoms with Crippen LogP contribution in [0.2, 0.25) is 0 Å². The van der Waals surface area contributed by atoms with Gasteiger partial charge in [0.05, 0.1) is 4.92 Å². The molecule has 0 aliphatic rings. The number of nitro benzene ring substituents is 1. The van der Waals surface area contributed by atoms with Gasteiger partial charge < -0.3 is 9.84 Å². The van der Waals surface area contributed by atoms with Crippen LogP contribution < -0.4 is 4.74 Å². The number of benzene rings is 2. The lowest BCUT2D eigenvalue weighted by molar-refractivity contribution is -0.384. The van der Waals surface area contributed by atoms with Crippen molar-refractivity contribution in [2.24, 2.45) is 0 Å². The Morgan fingerprint density at radius 1 is 1.14 bits per heavy atom. The quantitative estimate of drug-likeness (QED) is 0.513. The number of non-ortho nitro benzene ring substituents is 1. The van der Waals surface area contributed by atoms with Crippen LogP contribution in [-0.2, 0) is 0 Å². The minimum Gasteiger partial charge on any atom is -0.507 e. The number of halogens is 2. The maximum atomic E-state index is 12.3. The van der Waals surface area contributed by atoms with E-state index in [0.29, 0.717) is 5.56 Å². The Bertz CT molecular complexity index is 716. The Morgan fingerprint density at radius 2 is 1.82 bits per heavy atom. The molecule has 0 atom stereocenters. The molecule has 2 rings (SSSR count). The number of alkyl halides is 2. The number of phenolic OH excluding ortho intramolecular Hbond substituents is 1. The van der Waals surface area contributed by atoms with Crippen LogP contribution in [0.5, 0.6) is 11.5 Å². The summed E-state index contributed by atoms with van der Waals surface area (Å²) in [7, 11) is 0. The lowest BCUT2D eigenvalue weighted by atomic mass is 10.1. The highest BCUT2D eigenvalue weighted by molar-refractivity contribution is 5.75. The maximum absolute atomic E-state index is 12.3. The number of phenols is 1. The van der Waals surface area contributed by atoms with Crippen LogP contribution in [0.4, 0.5) is 14.5 Å². The van der Waals surface area contributed by atoms with Gasteiger partial charge in [0, 0.05) is 23.3 Å². The third kappa shape index (κ3) is 3.78. The molecule has 7 heteroatoms. The summed E-state index contributed by atoms with van der Waals surface area (Å²) < 4.78 is 29.0. The molecule has 0 radical (unpaired) electrons. The van der Waals surface area contributed by atoms with Crippen molar-refractivity contribution >= 4 is 17.8 Å². The van der Waals surface area contributed by atoms with Gasteiger partial charge in [0.1, 0.15) is 11.5 Å². The van der Waals surface area contributed by atoms with Gasteiger partial charge in [-0.1, -0.05) is 30.4 Å². The molecule has 1 N–H and O–H groups in total. The number of ether oxygens (including phenoxy) is 1. The van der Waals surface area contributed by atoms with Crippen molar-refractivity contribution in [3.63, 3.8) is 0 Å². The lowest BCUT2D eigenvalue weighted by Crippen LogP contribution is -2.02. The summed E-state index contributed by atoms with van der Waals surface area (Å²) in [5.41, 5.74) is 0.365. The van der Waals surface area contributed by atoms with E-state index in [0.717, 1.165) is 0 Å². The Labute approximate surface area is 124 Å². The molecule has 0 fully saturated rings. The van der Waals surface area contributed by atoms with Crippen LogP contribution in [0.1, 0.15) is 11.1 Å². The molecule has 2 aromatic carbocycles. The van der Waals surface area contributed by atoms with E-state index in [9.17, 15) is 24.0 Å². The first-order chi connectivity index (χ1) is 10.5. The van der Waals surface area contributed by atoms with Gasteiger partial charge in [0.15, 0.2) is 0 Å². The minimum atomic E-state index is -2.96. The fourth-order valence-corrected chi connectivity index (χ4v) is 1.79. The highest BCUT2D eigenvalue weighted by atomic mass is 19.3. The normalized spacial score (nSPS) is 11.0. The van der Waals surface area contributed by atoms with Crippen molar-refractivity contribution < 1.29 is 23.5 Å². The number of nitrogens with zero attached hydrogens (tertiary/aromatic N) is 1.